The second-order valence-corrected chi connectivity index (χ2v) is 5.83. The molecule has 0 saturated carbocycles. The average Bonchev–Trinajstić information content (AvgIpc) is 2.48. The van der Waals surface area contributed by atoms with Gasteiger partial charge in [0.15, 0.2) is 0 Å². The maximum absolute atomic E-state index is 6.11. The number of pyridine rings is 1. The van der Waals surface area contributed by atoms with Crippen LogP contribution in [0, 0.1) is 0 Å². The van der Waals surface area contributed by atoms with Gasteiger partial charge in [0.2, 0.25) is 0 Å². The third-order valence-electron chi connectivity index (χ3n) is 3.83. The molecule has 1 atom stereocenters. The van der Waals surface area contributed by atoms with E-state index >= 15 is 0 Å². The molecule has 0 spiro atoms. The molecule has 0 aliphatic carbocycles. The number of hydrogen-bond donors (Lipinski definition) is 0. The van der Waals surface area contributed by atoms with E-state index in [1.807, 2.05) is 6.07 Å². The Kier molecular flexibility index (Phi) is 3.86. The van der Waals surface area contributed by atoms with Gasteiger partial charge in [-0.05, 0) is 43.0 Å². The number of rotatable bonds is 2. The third kappa shape index (κ3) is 2.38. The number of hydrogen-bond acceptors (Lipinski definition) is 2. The van der Waals surface area contributed by atoms with Crippen molar-refractivity contribution in [3.05, 3.63) is 52.7 Å². The normalized spacial score (nSPS) is 17.9. The first kappa shape index (κ1) is 13.7. The molecule has 0 N–H and O–H groups in total. The van der Waals surface area contributed by atoms with Crippen LogP contribution >= 0.6 is 23.2 Å². The molecular weight excluding hydrogens is 291 g/mol. The number of nitrogens with zero attached hydrogens (tertiary/aromatic N) is 2. The fourth-order valence-corrected chi connectivity index (χ4v) is 3.20. The van der Waals surface area contributed by atoms with Crippen molar-refractivity contribution in [3.63, 3.8) is 0 Å². The second kappa shape index (κ2) is 5.63. The van der Waals surface area contributed by atoms with Gasteiger partial charge in [-0.25, -0.2) is 4.98 Å². The molecule has 0 amide bonds. The number of alkyl halides is 1. The minimum absolute atomic E-state index is 0.401. The van der Waals surface area contributed by atoms with Gasteiger partial charge in [-0.3, -0.25) is 0 Å². The van der Waals surface area contributed by atoms with Gasteiger partial charge in [-0.2, -0.15) is 0 Å². The van der Waals surface area contributed by atoms with Crippen molar-refractivity contribution < 1.29 is 0 Å². The highest BCUT2D eigenvalue weighted by molar-refractivity contribution is 6.32. The van der Waals surface area contributed by atoms with E-state index in [0.29, 0.717) is 16.9 Å². The summed E-state index contributed by atoms with van der Waals surface area (Å²) in [6, 6.07) is 10.9. The zero-order chi connectivity index (χ0) is 14.1. The number of anilines is 2. The van der Waals surface area contributed by atoms with Crippen LogP contribution in [0.3, 0.4) is 0 Å². The number of benzene rings is 1. The first-order valence-corrected chi connectivity index (χ1v) is 7.69. The molecule has 2 nitrogen and oxygen atoms in total. The summed E-state index contributed by atoms with van der Waals surface area (Å²) in [5.74, 6) is 1.32. The highest BCUT2D eigenvalue weighted by Crippen LogP contribution is 2.36. The Morgan fingerprint density at radius 3 is 2.95 bits per heavy atom. The summed E-state index contributed by atoms with van der Waals surface area (Å²) in [6.07, 6.45) is 3.93. The molecule has 20 heavy (non-hydrogen) atoms. The molecule has 3 rings (SSSR count). The molecule has 104 valence electrons. The van der Waals surface area contributed by atoms with E-state index in [1.54, 1.807) is 6.20 Å². The first-order valence-electron chi connectivity index (χ1n) is 6.78. The van der Waals surface area contributed by atoms with Crippen molar-refractivity contribution >= 4 is 34.7 Å². The van der Waals surface area contributed by atoms with Gasteiger partial charge >= 0.3 is 0 Å². The Hall–Kier alpha value is -1.25. The van der Waals surface area contributed by atoms with Gasteiger partial charge in [-0.15, -0.1) is 11.6 Å². The molecule has 1 aliphatic heterocycles. The van der Waals surface area contributed by atoms with Crippen molar-refractivity contribution in [2.45, 2.75) is 31.7 Å². The molecule has 1 unspecified atom stereocenters. The zero-order valence-electron chi connectivity index (χ0n) is 11.3. The summed E-state index contributed by atoms with van der Waals surface area (Å²) in [7, 11) is 0. The van der Waals surface area contributed by atoms with Gasteiger partial charge in [0.05, 0.1) is 5.02 Å². The molecule has 2 aromatic rings. The van der Waals surface area contributed by atoms with E-state index in [4.69, 9.17) is 23.2 Å². The van der Waals surface area contributed by atoms with Crippen LogP contribution in [-0.2, 0) is 12.3 Å². The zero-order valence-corrected chi connectivity index (χ0v) is 12.8. The van der Waals surface area contributed by atoms with Crippen LogP contribution < -0.4 is 4.90 Å². The van der Waals surface area contributed by atoms with E-state index < -0.39 is 0 Å². The van der Waals surface area contributed by atoms with E-state index in [-0.39, 0.29) is 0 Å². The van der Waals surface area contributed by atoms with E-state index in [1.165, 1.54) is 11.3 Å². The summed E-state index contributed by atoms with van der Waals surface area (Å²) in [4.78, 5) is 6.78. The van der Waals surface area contributed by atoms with Crippen LogP contribution in [0.15, 0.2) is 36.5 Å². The van der Waals surface area contributed by atoms with Crippen LogP contribution in [0.5, 0.6) is 0 Å². The summed E-state index contributed by atoms with van der Waals surface area (Å²) in [5, 5.41) is 0.627. The molecule has 0 bridgehead atoms. The summed E-state index contributed by atoms with van der Waals surface area (Å²) in [6.45, 7) is 2.23. The lowest BCUT2D eigenvalue weighted by atomic mass is 9.96. The lowest BCUT2D eigenvalue weighted by molar-refractivity contribution is 0.613. The SMILES string of the molecule is CC1CCc2ccccc2N1c1cc(CCl)c(Cl)cn1. The fourth-order valence-electron chi connectivity index (χ4n) is 2.74. The molecule has 2 heterocycles. The van der Waals surface area contributed by atoms with E-state index in [2.05, 4.69) is 41.1 Å². The Labute approximate surface area is 129 Å². The van der Waals surface area contributed by atoms with Crippen molar-refractivity contribution in [1.82, 2.24) is 4.98 Å². The molecular formula is C16H16Cl2N2. The highest BCUT2D eigenvalue weighted by atomic mass is 35.5. The van der Waals surface area contributed by atoms with Crippen LogP contribution in [-0.4, -0.2) is 11.0 Å². The van der Waals surface area contributed by atoms with Crippen molar-refractivity contribution in [3.8, 4) is 0 Å². The van der Waals surface area contributed by atoms with Gasteiger partial charge in [0.25, 0.3) is 0 Å². The lowest BCUT2D eigenvalue weighted by Gasteiger charge is -2.36. The van der Waals surface area contributed by atoms with E-state index in [9.17, 15) is 0 Å². The maximum Gasteiger partial charge on any atom is 0.133 e. The topological polar surface area (TPSA) is 16.1 Å². The van der Waals surface area contributed by atoms with Crippen LogP contribution in [0.1, 0.15) is 24.5 Å². The van der Waals surface area contributed by atoms with Crippen LogP contribution in [0.4, 0.5) is 11.5 Å². The van der Waals surface area contributed by atoms with Crippen molar-refractivity contribution in [1.29, 1.82) is 0 Å². The third-order valence-corrected chi connectivity index (χ3v) is 4.46. The van der Waals surface area contributed by atoms with Crippen LogP contribution in [0.2, 0.25) is 5.02 Å². The highest BCUT2D eigenvalue weighted by Gasteiger charge is 2.25. The smallest absolute Gasteiger partial charge is 0.133 e. The predicted molar refractivity (Wildman–Crippen MR) is 85.2 cm³/mol. The maximum atomic E-state index is 6.11. The van der Waals surface area contributed by atoms with Gasteiger partial charge in [0.1, 0.15) is 5.82 Å². The number of aryl methyl sites for hydroxylation is 1. The average molecular weight is 307 g/mol. The summed E-state index contributed by atoms with van der Waals surface area (Å²) >= 11 is 12.1. The Bertz CT molecular complexity index is 628. The minimum atomic E-state index is 0.401. The second-order valence-electron chi connectivity index (χ2n) is 5.15. The monoisotopic (exact) mass is 306 g/mol. The molecule has 4 heteroatoms. The molecule has 0 radical (unpaired) electrons. The number of para-hydroxylation sites is 1. The number of halogens is 2. The summed E-state index contributed by atoms with van der Waals surface area (Å²) in [5.41, 5.74) is 3.53. The molecule has 1 aromatic heterocycles. The molecule has 1 aliphatic rings. The van der Waals surface area contributed by atoms with Crippen LogP contribution in [0.25, 0.3) is 0 Å². The number of fused-ring (bicyclic) bond motifs is 1. The minimum Gasteiger partial charge on any atom is -0.323 e. The predicted octanol–water partition coefficient (Wildman–Crippen LogP) is 4.95. The van der Waals surface area contributed by atoms with Crippen molar-refractivity contribution in [2.75, 3.05) is 4.90 Å². The van der Waals surface area contributed by atoms with Gasteiger partial charge < -0.3 is 4.90 Å². The largest absolute Gasteiger partial charge is 0.323 e. The first-order chi connectivity index (χ1) is 9.70. The molecule has 0 saturated heterocycles. The molecule has 1 aromatic carbocycles. The van der Waals surface area contributed by atoms with E-state index in [0.717, 1.165) is 24.2 Å². The fraction of sp³-hybridized carbons (Fsp3) is 0.312. The Morgan fingerprint density at radius 2 is 2.15 bits per heavy atom. The van der Waals surface area contributed by atoms with Gasteiger partial charge in [-0.1, -0.05) is 29.8 Å². The Morgan fingerprint density at radius 1 is 1.35 bits per heavy atom. The lowest BCUT2D eigenvalue weighted by Crippen LogP contribution is -2.33. The van der Waals surface area contributed by atoms with Crippen molar-refractivity contribution in [2.24, 2.45) is 0 Å². The number of aromatic nitrogens is 1. The Balaban J connectivity index is 2.09. The summed E-state index contributed by atoms with van der Waals surface area (Å²) < 4.78 is 0. The molecule has 0 fully saturated rings. The quantitative estimate of drug-likeness (QED) is 0.730. The van der Waals surface area contributed by atoms with Gasteiger partial charge in [0, 0.05) is 23.8 Å². The standard InChI is InChI=1S/C16H16Cl2N2/c1-11-6-7-12-4-2-3-5-15(12)20(11)16-8-13(9-17)14(18)10-19-16/h2-5,8,10-11H,6-7,9H2,1H3.